The minimum absolute atomic E-state index is 0.0357. The number of pyridine rings is 2. The first-order valence-corrected chi connectivity index (χ1v) is 13.9. The molecule has 8 heteroatoms. The van der Waals surface area contributed by atoms with E-state index in [-0.39, 0.29) is 24.4 Å². The van der Waals surface area contributed by atoms with Gasteiger partial charge in [-0.05, 0) is 60.7 Å². The van der Waals surface area contributed by atoms with Crippen LogP contribution in [-0.4, -0.2) is 64.1 Å². The zero-order valence-electron chi connectivity index (χ0n) is 22.4. The highest BCUT2D eigenvalue weighted by atomic mass is 16.5. The van der Waals surface area contributed by atoms with Crippen molar-refractivity contribution in [2.45, 2.75) is 51.0 Å². The van der Waals surface area contributed by atoms with Crippen LogP contribution in [0, 0.1) is 5.92 Å². The number of rotatable bonds is 11. The molecule has 1 saturated heterocycles. The number of hydrogen-bond donors (Lipinski definition) is 1. The average molecular weight is 529 g/mol. The Morgan fingerprint density at radius 3 is 2.79 bits per heavy atom. The second-order valence-electron chi connectivity index (χ2n) is 10.4. The van der Waals surface area contributed by atoms with Gasteiger partial charge in [-0.1, -0.05) is 31.5 Å². The van der Waals surface area contributed by atoms with Crippen molar-refractivity contribution in [3.63, 3.8) is 0 Å². The molecule has 1 N–H and O–H groups in total. The molecule has 39 heavy (non-hydrogen) atoms. The van der Waals surface area contributed by atoms with E-state index < -0.39 is 11.9 Å². The van der Waals surface area contributed by atoms with Gasteiger partial charge < -0.3 is 14.7 Å². The number of carboxylic acid groups (broad SMARTS) is 1. The van der Waals surface area contributed by atoms with E-state index in [0.29, 0.717) is 32.5 Å². The van der Waals surface area contributed by atoms with E-state index in [4.69, 9.17) is 4.74 Å². The fraction of sp³-hybridized carbons (Fsp3) is 0.419. The Hall–Kier alpha value is -3.78. The summed E-state index contributed by atoms with van der Waals surface area (Å²) in [6.45, 7) is 4.01. The second kappa shape index (κ2) is 12.4. The van der Waals surface area contributed by atoms with E-state index in [1.807, 2.05) is 42.5 Å². The number of benzene rings is 1. The maximum Gasteiger partial charge on any atom is 0.308 e. The Morgan fingerprint density at radius 1 is 1.15 bits per heavy atom. The van der Waals surface area contributed by atoms with Crippen LogP contribution in [0.3, 0.4) is 0 Å². The summed E-state index contributed by atoms with van der Waals surface area (Å²) in [6.07, 6.45) is 9.09. The zero-order chi connectivity index (χ0) is 27.2. The van der Waals surface area contributed by atoms with Gasteiger partial charge >= 0.3 is 5.97 Å². The number of aliphatic carboxylic acids is 1. The minimum Gasteiger partial charge on any atom is -0.493 e. The maximum atomic E-state index is 13.8. The average Bonchev–Trinajstić information content (AvgIpc) is 3.57. The molecule has 0 aliphatic carbocycles. The summed E-state index contributed by atoms with van der Waals surface area (Å²) >= 11 is 0. The predicted octanol–water partition coefficient (Wildman–Crippen LogP) is 4.35. The van der Waals surface area contributed by atoms with Gasteiger partial charge in [0.2, 0.25) is 5.91 Å². The summed E-state index contributed by atoms with van der Waals surface area (Å²) in [5.74, 6) is -0.841. The van der Waals surface area contributed by atoms with E-state index in [0.717, 1.165) is 47.5 Å². The number of anilines is 1. The molecule has 3 aromatic rings. The van der Waals surface area contributed by atoms with E-state index in [9.17, 15) is 14.7 Å². The lowest BCUT2D eigenvalue weighted by Gasteiger charge is -2.29. The largest absolute Gasteiger partial charge is 0.493 e. The van der Waals surface area contributed by atoms with Crippen LogP contribution in [0.2, 0.25) is 0 Å². The first-order chi connectivity index (χ1) is 19.0. The van der Waals surface area contributed by atoms with Crippen molar-refractivity contribution in [3.05, 3.63) is 83.9 Å². The summed E-state index contributed by atoms with van der Waals surface area (Å²) in [6, 6.07) is 15.3. The van der Waals surface area contributed by atoms with Crippen molar-refractivity contribution in [2.24, 2.45) is 5.92 Å². The van der Waals surface area contributed by atoms with E-state index >= 15 is 0 Å². The highest BCUT2D eigenvalue weighted by Gasteiger charge is 2.47. The van der Waals surface area contributed by atoms with Crippen LogP contribution < -0.4 is 9.64 Å². The Bertz CT molecular complexity index is 1270. The molecule has 2 aliphatic heterocycles. The number of aryl methyl sites for hydroxylation is 1. The Labute approximate surface area is 229 Å². The molecule has 3 unspecified atom stereocenters. The Balaban J connectivity index is 1.43. The van der Waals surface area contributed by atoms with Gasteiger partial charge in [0.15, 0.2) is 0 Å². The molecule has 0 spiro atoms. The molecular formula is C31H36N4O4. The fourth-order valence-electron chi connectivity index (χ4n) is 5.96. The second-order valence-corrected chi connectivity index (χ2v) is 10.4. The molecule has 2 aromatic heterocycles. The lowest BCUT2D eigenvalue weighted by atomic mass is 9.83. The lowest BCUT2D eigenvalue weighted by Crippen LogP contribution is -2.44. The topological polar surface area (TPSA) is 95.9 Å². The third-order valence-electron chi connectivity index (χ3n) is 7.93. The molecule has 0 saturated carbocycles. The van der Waals surface area contributed by atoms with Crippen molar-refractivity contribution >= 4 is 17.6 Å². The number of nitrogens with zero attached hydrogens (tertiary/aromatic N) is 4. The lowest BCUT2D eigenvalue weighted by molar-refractivity contribution is -0.143. The highest BCUT2D eigenvalue weighted by molar-refractivity contribution is 5.94. The summed E-state index contributed by atoms with van der Waals surface area (Å²) in [7, 11) is 0. The van der Waals surface area contributed by atoms with Gasteiger partial charge in [-0.15, -0.1) is 0 Å². The van der Waals surface area contributed by atoms with Gasteiger partial charge in [0.1, 0.15) is 5.75 Å². The van der Waals surface area contributed by atoms with Crippen LogP contribution >= 0.6 is 0 Å². The number of fused-ring (bicyclic) bond motifs is 1. The number of carbonyl (C=O) groups is 2. The van der Waals surface area contributed by atoms with Gasteiger partial charge in [-0.2, -0.15) is 0 Å². The predicted molar refractivity (Wildman–Crippen MR) is 149 cm³/mol. The zero-order valence-corrected chi connectivity index (χ0v) is 22.4. The first-order valence-electron chi connectivity index (χ1n) is 13.9. The first kappa shape index (κ1) is 26.8. The molecule has 0 radical (unpaired) electrons. The van der Waals surface area contributed by atoms with Crippen LogP contribution in [-0.2, 0) is 22.4 Å². The van der Waals surface area contributed by atoms with Gasteiger partial charge in [0.25, 0.3) is 0 Å². The standard InChI is InChI=1S/C31H36N4O4/c1-2-3-16-35(25-8-6-14-32-19-25)29(36)21-34-20-26(22-9-12-28-23(18-22)13-17-39-28)30(31(37)38)27(34)11-10-24-7-4-5-15-33-24/h4-9,12,14-15,18-19,26-27,30H,2-3,10-11,13,16-17,20-21H2,1H3,(H,37,38). The van der Waals surface area contributed by atoms with Crippen molar-refractivity contribution in [3.8, 4) is 5.75 Å². The van der Waals surface area contributed by atoms with Gasteiger partial charge in [0, 0.05) is 49.6 Å². The molecule has 4 heterocycles. The Kier molecular flexibility index (Phi) is 8.51. The van der Waals surface area contributed by atoms with Crippen molar-refractivity contribution in [1.82, 2.24) is 14.9 Å². The number of ether oxygens (including phenoxy) is 1. The van der Waals surface area contributed by atoms with Crippen molar-refractivity contribution < 1.29 is 19.4 Å². The van der Waals surface area contributed by atoms with Gasteiger partial charge in [-0.25, -0.2) is 0 Å². The van der Waals surface area contributed by atoms with Crippen LogP contribution in [0.4, 0.5) is 5.69 Å². The molecule has 8 nitrogen and oxygen atoms in total. The molecule has 3 atom stereocenters. The summed E-state index contributed by atoms with van der Waals surface area (Å²) in [4.78, 5) is 39.1. The van der Waals surface area contributed by atoms with Gasteiger partial charge in [0.05, 0.1) is 31.0 Å². The number of amides is 1. The molecular weight excluding hydrogens is 492 g/mol. The molecule has 5 rings (SSSR count). The molecule has 2 aliphatic rings. The number of aromatic nitrogens is 2. The monoisotopic (exact) mass is 528 g/mol. The molecule has 1 aromatic carbocycles. The van der Waals surface area contributed by atoms with Crippen LogP contribution in [0.15, 0.2) is 67.1 Å². The van der Waals surface area contributed by atoms with Crippen LogP contribution in [0.25, 0.3) is 0 Å². The number of unbranched alkanes of at least 4 members (excludes halogenated alkanes) is 1. The summed E-state index contributed by atoms with van der Waals surface area (Å²) in [5.41, 5.74) is 3.81. The normalized spacial score (nSPS) is 20.4. The Morgan fingerprint density at radius 2 is 2.05 bits per heavy atom. The number of carbonyl (C=O) groups excluding carboxylic acids is 1. The van der Waals surface area contributed by atoms with Crippen molar-refractivity contribution in [2.75, 3.05) is 31.1 Å². The smallest absolute Gasteiger partial charge is 0.308 e. The molecule has 0 bridgehead atoms. The molecule has 1 amide bonds. The van der Waals surface area contributed by atoms with Crippen LogP contribution in [0.1, 0.15) is 48.9 Å². The SMILES string of the molecule is CCCCN(C(=O)CN1CC(c2ccc3c(c2)CCO3)C(C(=O)O)C1CCc1ccccn1)c1cccnc1. The van der Waals surface area contributed by atoms with E-state index in [1.54, 1.807) is 23.5 Å². The van der Waals surface area contributed by atoms with Crippen LogP contribution in [0.5, 0.6) is 5.75 Å². The molecule has 204 valence electrons. The number of carboxylic acids is 1. The third kappa shape index (κ3) is 6.11. The highest BCUT2D eigenvalue weighted by Crippen LogP contribution is 2.41. The quantitative estimate of drug-likeness (QED) is 0.395. The number of likely N-dealkylation sites (tertiary alicyclic amines) is 1. The minimum atomic E-state index is -0.826. The third-order valence-corrected chi connectivity index (χ3v) is 7.93. The summed E-state index contributed by atoms with van der Waals surface area (Å²) in [5, 5.41) is 10.5. The number of hydrogen-bond acceptors (Lipinski definition) is 6. The van der Waals surface area contributed by atoms with E-state index in [2.05, 4.69) is 27.9 Å². The summed E-state index contributed by atoms with van der Waals surface area (Å²) < 4.78 is 5.68. The van der Waals surface area contributed by atoms with E-state index in [1.165, 1.54) is 0 Å². The maximum absolute atomic E-state index is 13.8. The fourth-order valence-corrected chi connectivity index (χ4v) is 5.96. The van der Waals surface area contributed by atoms with Crippen molar-refractivity contribution in [1.29, 1.82) is 0 Å². The molecule has 1 fully saturated rings. The van der Waals surface area contributed by atoms with Gasteiger partial charge in [-0.3, -0.25) is 24.5 Å².